The van der Waals surface area contributed by atoms with E-state index in [1.165, 1.54) is 0 Å². The molecular formula is C21H28Cl3F17Si2. The van der Waals surface area contributed by atoms with Crippen molar-refractivity contribution in [2.45, 2.75) is 130 Å². The van der Waals surface area contributed by atoms with Crippen LogP contribution in [0.4, 0.5) is 74.6 Å². The van der Waals surface area contributed by atoms with E-state index < -0.39 is 80.2 Å². The molecule has 0 aromatic heterocycles. The second-order valence-corrected chi connectivity index (χ2v) is 24.9. The van der Waals surface area contributed by atoms with Gasteiger partial charge < -0.3 is 0 Å². The van der Waals surface area contributed by atoms with E-state index in [2.05, 4.69) is 0 Å². The lowest BCUT2D eigenvalue weighted by Gasteiger charge is -2.44. The summed E-state index contributed by atoms with van der Waals surface area (Å²) in [4.78, 5) is 0. The van der Waals surface area contributed by atoms with Crippen LogP contribution in [0, 0.1) is 0 Å². The van der Waals surface area contributed by atoms with Crippen molar-refractivity contribution in [2.24, 2.45) is 0 Å². The Hall–Kier alpha value is 0.114. The molecular weight excluding hydrogens is 738 g/mol. The molecule has 0 nitrogen and oxygen atoms in total. The van der Waals surface area contributed by atoms with Crippen LogP contribution in [0.25, 0.3) is 0 Å². The molecule has 0 aliphatic carbocycles. The van der Waals surface area contributed by atoms with E-state index in [9.17, 15) is 74.6 Å². The molecule has 0 bridgehead atoms. The van der Waals surface area contributed by atoms with Gasteiger partial charge in [0.2, 0.25) is 6.17 Å². The van der Waals surface area contributed by atoms with Crippen LogP contribution in [0.5, 0.6) is 0 Å². The van der Waals surface area contributed by atoms with Gasteiger partial charge in [-0.1, -0.05) is 64.1 Å². The van der Waals surface area contributed by atoms with Crippen molar-refractivity contribution >= 4 is 47.3 Å². The first kappa shape index (κ1) is 43.1. The van der Waals surface area contributed by atoms with Crippen molar-refractivity contribution in [3.63, 3.8) is 0 Å². The molecule has 22 heteroatoms. The minimum absolute atomic E-state index is 0.133. The maximum absolute atomic E-state index is 14.7. The second kappa shape index (κ2) is 14.9. The van der Waals surface area contributed by atoms with Gasteiger partial charge >= 0.3 is 41.5 Å². The summed E-state index contributed by atoms with van der Waals surface area (Å²) in [5.74, 6) is -51.4. The quantitative estimate of drug-likeness (QED) is 0.0501. The van der Waals surface area contributed by atoms with E-state index in [-0.39, 0.29) is 12.8 Å². The summed E-state index contributed by atoms with van der Waals surface area (Å²) in [6.45, 7) is 1.25. The summed E-state index contributed by atoms with van der Waals surface area (Å²) in [5, 5.41) is 0. The second-order valence-electron chi connectivity index (χ2n) is 10.7. The molecule has 260 valence electrons. The SMILES string of the molecule is C[Si](C)(CCCCCCCCC[Si](Cl)(Cl)Cl)C(F)C(F)(F)C(F)(F)C(F)(F)C(F)(F)C(F)(F)C(F)(F)C(F)C(F)C(F)F. The molecule has 43 heavy (non-hydrogen) atoms. The Labute approximate surface area is 252 Å². The zero-order valence-electron chi connectivity index (χ0n) is 22.2. The summed E-state index contributed by atoms with van der Waals surface area (Å²) in [5.41, 5.74) is 0. The Kier molecular flexibility index (Phi) is 14.9. The topological polar surface area (TPSA) is 0 Å². The average Bonchev–Trinajstić information content (AvgIpc) is 2.84. The molecule has 0 rings (SSSR count). The predicted octanol–water partition coefficient (Wildman–Crippen LogP) is 11.7. The first-order valence-corrected chi connectivity index (χ1v) is 20.9. The van der Waals surface area contributed by atoms with Gasteiger partial charge in [-0.2, -0.15) is 52.7 Å². The lowest BCUT2D eigenvalue weighted by atomic mass is 9.89. The van der Waals surface area contributed by atoms with Crippen LogP contribution in [0.2, 0.25) is 25.2 Å². The third kappa shape index (κ3) is 9.35. The van der Waals surface area contributed by atoms with E-state index in [0.717, 1.165) is 0 Å². The van der Waals surface area contributed by atoms with Crippen molar-refractivity contribution in [1.29, 1.82) is 0 Å². The molecule has 3 unspecified atom stereocenters. The highest BCUT2D eigenvalue weighted by atomic mass is 35.8. The van der Waals surface area contributed by atoms with Crippen LogP contribution in [0.15, 0.2) is 0 Å². The maximum Gasteiger partial charge on any atom is 0.384 e. The number of hydrogen-bond acceptors (Lipinski definition) is 0. The lowest BCUT2D eigenvalue weighted by molar-refractivity contribution is -0.432. The Morgan fingerprint density at radius 2 is 0.814 bits per heavy atom. The lowest BCUT2D eigenvalue weighted by Crippen LogP contribution is -2.74. The standard InChI is InChI=1S/C21H28Cl3F17Si2/c1-42(2,10-8-6-4-3-5-7-9-11-43(22,23)24)15(29)17(32,33)19(36,37)21(40,41)20(38,39)18(34,35)16(30,31)13(26)12(25)14(27)28/h12-15H,3-11H2,1-2H3. The van der Waals surface area contributed by atoms with Gasteiger partial charge in [-0.3, -0.25) is 0 Å². The highest BCUT2D eigenvalue weighted by molar-refractivity contribution is 7.64. The summed E-state index contributed by atoms with van der Waals surface area (Å²) >= 11 is 17.1. The molecule has 0 aliphatic rings. The minimum Gasteiger partial charge on any atom is -0.245 e. The molecule has 0 spiro atoms. The fourth-order valence-electron chi connectivity index (χ4n) is 3.88. The summed E-state index contributed by atoms with van der Waals surface area (Å²) in [6, 6.07) is -3.02. The molecule has 0 saturated heterocycles. The average molecular weight is 766 g/mol. The van der Waals surface area contributed by atoms with Gasteiger partial charge in [0.05, 0.1) is 8.07 Å². The van der Waals surface area contributed by atoms with Crippen molar-refractivity contribution in [1.82, 2.24) is 0 Å². The zero-order chi connectivity index (χ0) is 34.7. The van der Waals surface area contributed by atoms with Crippen LogP contribution in [0.1, 0.15) is 44.9 Å². The van der Waals surface area contributed by atoms with Gasteiger partial charge in [-0.25, -0.2) is 22.0 Å². The van der Waals surface area contributed by atoms with E-state index in [1.54, 1.807) is 0 Å². The number of rotatable bonds is 20. The minimum atomic E-state index is -8.35. The molecule has 0 heterocycles. The Bertz CT molecular complexity index is 868. The van der Waals surface area contributed by atoms with Gasteiger partial charge in [-0.05, 0) is 6.04 Å². The van der Waals surface area contributed by atoms with Gasteiger partial charge in [-0.15, -0.1) is 33.2 Å². The van der Waals surface area contributed by atoms with Gasteiger partial charge in [0.25, 0.3) is 6.43 Å². The molecule has 0 aromatic carbocycles. The van der Waals surface area contributed by atoms with E-state index in [1.807, 2.05) is 0 Å². The largest absolute Gasteiger partial charge is 0.384 e. The van der Waals surface area contributed by atoms with Gasteiger partial charge in [0.15, 0.2) is 12.0 Å². The summed E-state index contributed by atoms with van der Waals surface area (Å²) in [6.07, 6.45) is -12.7. The first-order valence-electron chi connectivity index (χ1n) is 12.4. The summed E-state index contributed by atoms with van der Waals surface area (Å²) in [7, 11) is -4.46. The molecule has 0 amide bonds. The third-order valence-electron chi connectivity index (χ3n) is 6.67. The Balaban J connectivity index is 5.75. The van der Waals surface area contributed by atoms with Crippen molar-refractivity contribution in [3.05, 3.63) is 0 Å². The predicted molar refractivity (Wildman–Crippen MR) is 133 cm³/mol. The normalized spacial score (nSPS) is 17.4. The highest BCUT2D eigenvalue weighted by Gasteiger charge is 2.92. The molecule has 0 radical (unpaired) electrons. The number of halogens is 20. The van der Waals surface area contributed by atoms with Crippen LogP contribution in [-0.2, 0) is 0 Å². The molecule has 0 fully saturated rings. The van der Waals surface area contributed by atoms with Crippen LogP contribution < -0.4 is 0 Å². The number of unbranched alkanes of at least 4 members (excludes halogenated alkanes) is 6. The van der Waals surface area contributed by atoms with Crippen molar-refractivity contribution in [3.8, 4) is 0 Å². The molecule has 3 atom stereocenters. The maximum atomic E-state index is 14.7. The van der Waals surface area contributed by atoms with Crippen molar-refractivity contribution < 1.29 is 74.6 Å². The molecule has 0 N–H and O–H groups in total. The Morgan fingerprint density at radius 3 is 1.16 bits per heavy atom. The van der Waals surface area contributed by atoms with Gasteiger partial charge in [0.1, 0.15) is 0 Å². The van der Waals surface area contributed by atoms with Crippen LogP contribution >= 0.6 is 33.2 Å². The highest BCUT2D eigenvalue weighted by Crippen LogP contribution is 2.62. The van der Waals surface area contributed by atoms with E-state index in [4.69, 9.17) is 33.2 Å². The smallest absolute Gasteiger partial charge is 0.245 e. The molecule has 0 saturated carbocycles. The third-order valence-corrected chi connectivity index (χ3v) is 12.7. The number of hydrogen-bond donors (Lipinski definition) is 0. The first-order chi connectivity index (χ1) is 18.9. The molecule has 0 aromatic rings. The van der Waals surface area contributed by atoms with Crippen molar-refractivity contribution in [2.75, 3.05) is 0 Å². The van der Waals surface area contributed by atoms with Gasteiger partial charge in [0, 0.05) is 0 Å². The summed E-state index contributed by atoms with van der Waals surface area (Å²) < 4.78 is 233. The van der Waals surface area contributed by atoms with Crippen LogP contribution in [-0.4, -0.2) is 74.2 Å². The fraction of sp³-hybridized carbons (Fsp3) is 1.00. The van der Waals surface area contributed by atoms with Crippen LogP contribution in [0.3, 0.4) is 0 Å². The van der Waals surface area contributed by atoms with E-state index >= 15 is 0 Å². The fourth-order valence-corrected chi connectivity index (χ4v) is 8.31. The Morgan fingerprint density at radius 1 is 0.488 bits per heavy atom. The molecule has 0 aliphatic heterocycles. The number of alkyl halides is 17. The monoisotopic (exact) mass is 764 g/mol. The van der Waals surface area contributed by atoms with E-state index in [0.29, 0.717) is 51.2 Å². The zero-order valence-corrected chi connectivity index (χ0v) is 26.5.